The summed E-state index contributed by atoms with van der Waals surface area (Å²) in [4.78, 5) is 44.9. The van der Waals surface area contributed by atoms with Crippen LogP contribution in [0.2, 0.25) is 0 Å². The van der Waals surface area contributed by atoms with Crippen molar-refractivity contribution in [1.29, 1.82) is 0 Å². The van der Waals surface area contributed by atoms with E-state index in [0.29, 0.717) is 0 Å². The summed E-state index contributed by atoms with van der Waals surface area (Å²) in [6.07, 6.45) is 2.72. The Hall–Kier alpha value is -3.53. The number of carbonyl (C=O) groups excluding carboxylic acids is 3. The third-order valence-corrected chi connectivity index (χ3v) is 3.64. The molecule has 2 aromatic rings. The van der Waals surface area contributed by atoms with Gasteiger partial charge in [0, 0.05) is 23.8 Å². The van der Waals surface area contributed by atoms with Crippen molar-refractivity contribution < 1.29 is 24.0 Å². The summed E-state index contributed by atoms with van der Waals surface area (Å²) in [6.45, 7) is -0.595. The molecule has 0 aliphatic heterocycles. The van der Waals surface area contributed by atoms with E-state index in [4.69, 9.17) is 4.74 Å². The van der Waals surface area contributed by atoms with Gasteiger partial charge < -0.3 is 4.74 Å². The van der Waals surface area contributed by atoms with Crippen LogP contribution in [0.4, 0.5) is 5.69 Å². The van der Waals surface area contributed by atoms with Gasteiger partial charge in [-0.15, -0.1) is 0 Å². The highest BCUT2D eigenvalue weighted by molar-refractivity contribution is 7.08. The maximum Gasteiger partial charge on any atom is 0.331 e. The van der Waals surface area contributed by atoms with Crippen LogP contribution in [-0.4, -0.2) is 29.3 Å². The number of non-ortho nitro benzene ring substituents is 1. The summed E-state index contributed by atoms with van der Waals surface area (Å²) in [5.74, 6) is -2.22. The number of benzene rings is 1. The molecule has 134 valence electrons. The molecule has 0 bridgehead atoms. The number of rotatable bonds is 6. The van der Waals surface area contributed by atoms with Crippen LogP contribution in [0, 0.1) is 10.1 Å². The Morgan fingerprint density at radius 1 is 1.23 bits per heavy atom. The highest BCUT2D eigenvalue weighted by Gasteiger charge is 2.12. The second-order valence-corrected chi connectivity index (χ2v) is 5.59. The number of hydrogen-bond acceptors (Lipinski definition) is 7. The summed E-state index contributed by atoms with van der Waals surface area (Å²) < 4.78 is 4.72. The van der Waals surface area contributed by atoms with Crippen molar-refractivity contribution in [3.8, 4) is 0 Å². The molecule has 0 aliphatic rings. The number of nitrogens with one attached hydrogen (secondary N) is 2. The number of hydrazine groups is 1. The summed E-state index contributed by atoms with van der Waals surface area (Å²) in [5.41, 5.74) is 4.70. The number of esters is 1. The Balaban J connectivity index is 1.76. The molecule has 0 saturated heterocycles. The summed E-state index contributed by atoms with van der Waals surface area (Å²) >= 11 is 1.47. The van der Waals surface area contributed by atoms with Crippen molar-refractivity contribution in [3.05, 3.63) is 68.4 Å². The standard InChI is InChI=1S/C16H13N3O6S/c20-14(9-25-15(21)5-4-11-6-7-26-10-11)17-18-16(22)12-2-1-3-13(8-12)19(23)24/h1-8,10H,9H2,(H,17,20)(H,18,22)/b5-4+. The largest absolute Gasteiger partial charge is 0.452 e. The van der Waals surface area contributed by atoms with E-state index in [9.17, 15) is 24.5 Å². The van der Waals surface area contributed by atoms with E-state index < -0.39 is 29.3 Å². The molecule has 0 saturated carbocycles. The van der Waals surface area contributed by atoms with Crippen LogP contribution in [0.5, 0.6) is 0 Å². The average molecular weight is 375 g/mol. The molecule has 2 rings (SSSR count). The Kier molecular flexibility index (Phi) is 6.57. The lowest BCUT2D eigenvalue weighted by molar-refractivity contribution is -0.384. The Morgan fingerprint density at radius 3 is 2.73 bits per heavy atom. The van der Waals surface area contributed by atoms with Crippen LogP contribution in [0.25, 0.3) is 6.08 Å². The van der Waals surface area contributed by atoms with Gasteiger partial charge in [0.05, 0.1) is 4.92 Å². The SMILES string of the molecule is O=C(COC(=O)/C=C/c1ccsc1)NNC(=O)c1cccc([N+](=O)[O-])c1. The molecule has 2 N–H and O–H groups in total. The number of carbonyl (C=O) groups is 3. The molecule has 0 atom stereocenters. The van der Waals surface area contributed by atoms with Crippen LogP contribution >= 0.6 is 11.3 Å². The smallest absolute Gasteiger partial charge is 0.331 e. The monoisotopic (exact) mass is 375 g/mol. The molecule has 1 aromatic heterocycles. The topological polar surface area (TPSA) is 128 Å². The Morgan fingerprint density at radius 2 is 2.04 bits per heavy atom. The maximum atomic E-state index is 11.8. The summed E-state index contributed by atoms with van der Waals surface area (Å²) in [6, 6.07) is 6.81. The van der Waals surface area contributed by atoms with Gasteiger partial charge in [-0.3, -0.25) is 30.6 Å². The first-order valence-electron chi connectivity index (χ1n) is 7.16. The molecule has 0 aliphatic carbocycles. The molecular formula is C16H13N3O6S. The van der Waals surface area contributed by atoms with Gasteiger partial charge in [-0.2, -0.15) is 11.3 Å². The van der Waals surface area contributed by atoms with Gasteiger partial charge in [-0.25, -0.2) is 4.79 Å². The second-order valence-electron chi connectivity index (χ2n) is 4.81. The third kappa shape index (κ3) is 5.83. The minimum Gasteiger partial charge on any atom is -0.452 e. The van der Waals surface area contributed by atoms with E-state index >= 15 is 0 Å². The first-order valence-corrected chi connectivity index (χ1v) is 8.10. The lowest BCUT2D eigenvalue weighted by Gasteiger charge is -2.07. The zero-order valence-corrected chi connectivity index (χ0v) is 14.0. The molecular weight excluding hydrogens is 362 g/mol. The van der Waals surface area contributed by atoms with E-state index in [1.807, 2.05) is 22.3 Å². The lowest BCUT2D eigenvalue weighted by Crippen LogP contribution is -2.43. The number of hydrogen-bond donors (Lipinski definition) is 2. The predicted molar refractivity (Wildman–Crippen MR) is 93.0 cm³/mol. The third-order valence-electron chi connectivity index (χ3n) is 2.94. The van der Waals surface area contributed by atoms with Gasteiger partial charge in [0.15, 0.2) is 6.61 Å². The van der Waals surface area contributed by atoms with E-state index in [1.165, 1.54) is 35.6 Å². The first-order chi connectivity index (χ1) is 12.5. The minimum atomic E-state index is -0.763. The Labute approximate surface area is 151 Å². The number of ether oxygens (including phenoxy) is 1. The summed E-state index contributed by atoms with van der Waals surface area (Å²) in [5, 5.41) is 14.4. The molecule has 0 fully saturated rings. The maximum absolute atomic E-state index is 11.8. The normalized spacial score (nSPS) is 10.3. The molecule has 26 heavy (non-hydrogen) atoms. The van der Waals surface area contributed by atoms with Crippen molar-refractivity contribution in [2.24, 2.45) is 0 Å². The zero-order valence-electron chi connectivity index (χ0n) is 13.2. The molecule has 10 heteroatoms. The second kappa shape index (κ2) is 9.08. The van der Waals surface area contributed by atoms with Crippen LogP contribution in [-0.2, 0) is 14.3 Å². The van der Waals surface area contributed by atoms with Gasteiger partial charge in [-0.1, -0.05) is 6.07 Å². The fraction of sp³-hybridized carbons (Fsp3) is 0.0625. The van der Waals surface area contributed by atoms with Crippen LogP contribution < -0.4 is 10.9 Å². The zero-order chi connectivity index (χ0) is 18.9. The molecule has 1 heterocycles. The van der Waals surface area contributed by atoms with E-state index in [2.05, 4.69) is 5.43 Å². The number of nitro benzene ring substituents is 1. The molecule has 0 unspecified atom stereocenters. The van der Waals surface area contributed by atoms with Crippen molar-refractivity contribution in [1.82, 2.24) is 10.9 Å². The van der Waals surface area contributed by atoms with E-state index in [1.54, 1.807) is 6.08 Å². The van der Waals surface area contributed by atoms with E-state index in [-0.39, 0.29) is 11.3 Å². The molecule has 1 aromatic carbocycles. The van der Waals surface area contributed by atoms with Gasteiger partial charge in [0.2, 0.25) is 0 Å². The number of nitro groups is 1. The minimum absolute atomic E-state index is 0.00445. The molecule has 2 amide bonds. The van der Waals surface area contributed by atoms with Crippen LogP contribution in [0.15, 0.2) is 47.2 Å². The highest BCUT2D eigenvalue weighted by atomic mass is 32.1. The number of thiophene rings is 1. The van der Waals surface area contributed by atoms with Crippen molar-refractivity contribution in [3.63, 3.8) is 0 Å². The van der Waals surface area contributed by atoms with Crippen LogP contribution in [0.1, 0.15) is 15.9 Å². The number of amides is 2. The van der Waals surface area contributed by atoms with Crippen molar-refractivity contribution in [2.75, 3.05) is 6.61 Å². The van der Waals surface area contributed by atoms with Crippen molar-refractivity contribution >= 4 is 40.9 Å². The molecule has 9 nitrogen and oxygen atoms in total. The van der Waals surface area contributed by atoms with E-state index in [0.717, 1.165) is 11.6 Å². The Bertz CT molecular complexity index is 847. The quantitative estimate of drug-likeness (QED) is 0.342. The lowest BCUT2D eigenvalue weighted by atomic mass is 10.2. The molecule has 0 spiro atoms. The number of nitrogens with zero attached hydrogens (tertiary/aromatic N) is 1. The van der Waals surface area contributed by atoms with Gasteiger partial charge in [0.25, 0.3) is 17.5 Å². The fourth-order valence-electron chi connectivity index (χ4n) is 1.71. The van der Waals surface area contributed by atoms with Gasteiger partial charge in [-0.05, 0) is 34.5 Å². The van der Waals surface area contributed by atoms with Gasteiger partial charge >= 0.3 is 5.97 Å². The van der Waals surface area contributed by atoms with Crippen LogP contribution in [0.3, 0.4) is 0 Å². The highest BCUT2D eigenvalue weighted by Crippen LogP contribution is 2.12. The first kappa shape index (κ1) is 18.8. The fourth-order valence-corrected chi connectivity index (χ4v) is 2.34. The predicted octanol–water partition coefficient (Wildman–Crippen LogP) is 1.67. The van der Waals surface area contributed by atoms with Crippen molar-refractivity contribution in [2.45, 2.75) is 0 Å². The van der Waals surface area contributed by atoms with Gasteiger partial charge in [0.1, 0.15) is 0 Å². The molecule has 0 radical (unpaired) electrons. The summed E-state index contributed by atoms with van der Waals surface area (Å²) in [7, 11) is 0. The average Bonchev–Trinajstić information content (AvgIpc) is 3.16.